The summed E-state index contributed by atoms with van der Waals surface area (Å²) in [6, 6.07) is 8.85. The number of carbonyl (C=O) groups is 1. The Morgan fingerprint density at radius 1 is 1.18 bits per heavy atom. The predicted octanol–water partition coefficient (Wildman–Crippen LogP) is 4.14. The fraction of sp³-hybridized carbons (Fsp3) is 0.133. The molecule has 22 heavy (non-hydrogen) atoms. The van der Waals surface area contributed by atoms with Crippen molar-refractivity contribution in [3.63, 3.8) is 0 Å². The number of nitrogens with zero attached hydrogens (tertiary/aromatic N) is 1. The normalized spacial score (nSPS) is 10.1. The summed E-state index contributed by atoms with van der Waals surface area (Å²) in [5.74, 6) is -0.256. The average molecular weight is 322 g/mol. The second kappa shape index (κ2) is 6.44. The third kappa shape index (κ3) is 3.35. The van der Waals surface area contributed by atoms with Crippen LogP contribution in [0.5, 0.6) is 11.5 Å². The highest BCUT2D eigenvalue weighted by atomic mass is 35.5. The molecule has 0 atom stereocenters. The molecule has 0 unspecified atom stereocenters. The highest BCUT2D eigenvalue weighted by molar-refractivity contribution is 6.32. The summed E-state index contributed by atoms with van der Waals surface area (Å²) in [5.41, 5.74) is 0.637. The van der Waals surface area contributed by atoms with E-state index in [1.165, 1.54) is 19.2 Å². The van der Waals surface area contributed by atoms with Gasteiger partial charge in [0, 0.05) is 12.1 Å². The first-order chi connectivity index (χ1) is 10.4. The fourth-order valence-corrected chi connectivity index (χ4v) is 1.95. The molecular weight excluding hydrogens is 310 g/mol. The predicted molar refractivity (Wildman–Crippen MR) is 80.7 cm³/mol. The van der Waals surface area contributed by atoms with Crippen LogP contribution in [-0.4, -0.2) is 18.0 Å². The van der Waals surface area contributed by atoms with Crippen LogP contribution >= 0.6 is 11.6 Å². The molecule has 0 aromatic heterocycles. The molecule has 2 aromatic carbocycles. The van der Waals surface area contributed by atoms with Crippen molar-refractivity contribution in [3.8, 4) is 11.5 Å². The van der Waals surface area contributed by atoms with Crippen molar-refractivity contribution < 1.29 is 19.2 Å². The van der Waals surface area contributed by atoms with Crippen LogP contribution in [-0.2, 0) is 4.74 Å². The lowest BCUT2D eigenvalue weighted by Crippen LogP contribution is -2.05. The second-order valence-electron chi connectivity index (χ2n) is 4.47. The molecule has 0 heterocycles. The molecule has 0 N–H and O–H groups in total. The number of halogens is 1. The van der Waals surface area contributed by atoms with Gasteiger partial charge >= 0.3 is 5.97 Å². The Balaban J connectivity index is 2.47. The number of aryl methyl sites for hydroxylation is 1. The van der Waals surface area contributed by atoms with Gasteiger partial charge in [0.1, 0.15) is 17.1 Å². The Bertz CT molecular complexity index is 745. The maximum atomic E-state index is 11.8. The fourth-order valence-electron chi connectivity index (χ4n) is 1.80. The zero-order valence-electron chi connectivity index (χ0n) is 11.8. The molecule has 0 aliphatic heterocycles. The van der Waals surface area contributed by atoms with Crippen LogP contribution in [0.25, 0.3) is 0 Å². The monoisotopic (exact) mass is 321 g/mol. The molecule has 0 bridgehead atoms. The number of benzene rings is 2. The van der Waals surface area contributed by atoms with Gasteiger partial charge in [-0.15, -0.1) is 0 Å². The first-order valence-electron chi connectivity index (χ1n) is 6.23. The van der Waals surface area contributed by atoms with E-state index in [-0.39, 0.29) is 17.0 Å². The molecule has 0 saturated carbocycles. The number of ether oxygens (including phenoxy) is 2. The summed E-state index contributed by atoms with van der Waals surface area (Å²) < 4.78 is 10.3. The molecule has 0 amide bonds. The summed E-state index contributed by atoms with van der Waals surface area (Å²) in [7, 11) is 1.19. The van der Waals surface area contributed by atoms with Gasteiger partial charge in [-0.1, -0.05) is 17.7 Å². The van der Waals surface area contributed by atoms with Crippen LogP contribution in [0.3, 0.4) is 0 Å². The van der Waals surface area contributed by atoms with E-state index < -0.39 is 10.9 Å². The smallest absolute Gasteiger partial charge is 0.341 e. The largest absolute Gasteiger partial charge is 0.465 e. The number of nitro benzene ring substituents is 1. The summed E-state index contributed by atoms with van der Waals surface area (Å²) in [4.78, 5) is 22.0. The molecule has 2 aromatic rings. The van der Waals surface area contributed by atoms with E-state index in [0.717, 1.165) is 11.6 Å². The van der Waals surface area contributed by atoms with E-state index in [2.05, 4.69) is 4.74 Å². The van der Waals surface area contributed by atoms with Crippen molar-refractivity contribution in [1.29, 1.82) is 0 Å². The van der Waals surface area contributed by atoms with Gasteiger partial charge in [0.2, 0.25) is 0 Å². The summed E-state index contributed by atoms with van der Waals surface area (Å²) >= 11 is 6.04. The van der Waals surface area contributed by atoms with E-state index in [9.17, 15) is 14.9 Å². The number of methoxy groups -OCH3 is 1. The van der Waals surface area contributed by atoms with Crippen molar-refractivity contribution in [3.05, 3.63) is 62.7 Å². The van der Waals surface area contributed by atoms with Crippen molar-refractivity contribution in [2.24, 2.45) is 0 Å². The third-order valence-corrected chi connectivity index (χ3v) is 3.20. The second-order valence-corrected chi connectivity index (χ2v) is 4.87. The van der Waals surface area contributed by atoms with Crippen LogP contribution in [0.1, 0.15) is 15.9 Å². The molecule has 0 aliphatic carbocycles. The first kappa shape index (κ1) is 15.8. The number of non-ortho nitro benzene ring substituents is 1. The zero-order chi connectivity index (χ0) is 16.3. The van der Waals surface area contributed by atoms with E-state index in [1.807, 2.05) is 13.0 Å². The van der Waals surface area contributed by atoms with Crippen LogP contribution in [0.15, 0.2) is 36.4 Å². The Hall–Kier alpha value is -2.60. The van der Waals surface area contributed by atoms with Gasteiger partial charge in [-0.05, 0) is 30.7 Å². The molecular formula is C15H12ClNO5. The zero-order valence-corrected chi connectivity index (χ0v) is 12.6. The molecule has 2 rings (SSSR count). The lowest BCUT2D eigenvalue weighted by atomic mass is 10.1. The maximum Gasteiger partial charge on any atom is 0.341 e. The van der Waals surface area contributed by atoms with Crippen LogP contribution in [0, 0.1) is 17.0 Å². The van der Waals surface area contributed by atoms with Gasteiger partial charge in [-0.2, -0.15) is 0 Å². The Kier molecular flexibility index (Phi) is 4.62. The topological polar surface area (TPSA) is 78.7 Å². The van der Waals surface area contributed by atoms with Gasteiger partial charge in [0.15, 0.2) is 0 Å². The number of carbonyl (C=O) groups excluding carboxylic acids is 1. The van der Waals surface area contributed by atoms with Crippen LogP contribution in [0.2, 0.25) is 5.02 Å². The van der Waals surface area contributed by atoms with Gasteiger partial charge in [0.25, 0.3) is 5.69 Å². The van der Waals surface area contributed by atoms with Crippen molar-refractivity contribution in [2.75, 3.05) is 7.11 Å². The number of nitro groups is 1. The van der Waals surface area contributed by atoms with Gasteiger partial charge in [-0.3, -0.25) is 10.1 Å². The first-order valence-corrected chi connectivity index (χ1v) is 6.61. The maximum absolute atomic E-state index is 11.8. The molecule has 0 aliphatic rings. The number of hydrogen-bond acceptors (Lipinski definition) is 5. The van der Waals surface area contributed by atoms with Gasteiger partial charge in [-0.25, -0.2) is 4.79 Å². The van der Waals surface area contributed by atoms with Crippen molar-refractivity contribution in [2.45, 2.75) is 6.92 Å². The number of hydrogen-bond donors (Lipinski definition) is 0. The lowest BCUT2D eigenvalue weighted by molar-refractivity contribution is -0.384. The quantitative estimate of drug-likeness (QED) is 0.480. The molecule has 7 heteroatoms. The van der Waals surface area contributed by atoms with E-state index >= 15 is 0 Å². The molecule has 0 spiro atoms. The SMILES string of the molecule is COC(=O)c1cc([N+](=O)[O-])ccc1Oc1cc(C)ccc1Cl. The third-order valence-electron chi connectivity index (χ3n) is 2.89. The summed E-state index contributed by atoms with van der Waals surface area (Å²) in [5, 5.41) is 11.2. The minimum atomic E-state index is -0.734. The highest BCUT2D eigenvalue weighted by Gasteiger charge is 2.19. The molecule has 0 fully saturated rings. The van der Waals surface area contributed by atoms with E-state index in [1.54, 1.807) is 12.1 Å². The minimum absolute atomic E-state index is 0.0470. The van der Waals surface area contributed by atoms with Gasteiger partial charge in [0.05, 0.1) is 17.1 Å². The van der Waals surface area contributed by atoms with E-state index in [4.69, 9.17) is 16.3 Å². The molecule has 114 valence electrons. The minimum Gasteiger partial charge on any atom is -0.465 e. The Morgan fingerprint density at radius 3 is 2.55 bits per heavy atom. The average Bonchev–Trinajstić information content (AvgIpc) is 2.50. The van der Waals surface area contributed by atoms with Crippen LogP contribution < -0.4 is 4.74 Å². The van der Waals surface area contributed by atoms with Crippen molar-refractivity contribution >= 4 is 23.3 Å². The summed E-state index contributed by atoms with van der Waals surface area (Å²) in [6.45, 7) is 1.86. The van der Waals surface area contributed by atoms with Crippen LogP contribution in [0.4, 0.5) is 5.69 Å². The summed E-state index contributed by atoms with van der Waals surface area (Å²) in [6.07, 6.45) is 0. The Labute approximate surface area is 131 Å². The number of rotatable bonds is 4. The standard InChI is InChI=1S/C15H12ClNO5/c1-9-3-5-12(16)14(7-9)22-13-6-4-10(17(19)20)8-11(13)15(18)21-2/h3-8H,1-2H3. The van der Waals surface area contributed by atoms with Crippen molar-refractivity contribution in [1.82, 2.24) is 0 Å². The molecule has 0 saturated heterocycles. The molecule has 0 radical (unpaired) electrons. The Morgan fingerprint density at radius 2 is 1.91 bits per heavy atom. The lowest BCUT2D eigenvalue weighted by Gasteiger charge is -2.11. The number of esters is 1. The molecule has 6 nitrogen and oxygen atoms in total. The van der Waals surface area contributed by atoms with Gasteiger partial charge < -0.3 is 9.47 Å². The van der Waals surface area contributed by atoms with E-state index in [0.29, 0.717) is 10.8 Å². The highest BCUT2D eigenvalue weighted by Crippen LogP contribution is 2.33.